The minimum absolute atomic E-state index is 0.0586. The molecule has 1 amide bonds. The molecule has 15 heavy (non-hydrogen) atoms. The highest BCUT2D eigenvalue weighted by molar-refractivity contribution is 5.97. The van der Waals surface area contributed by atoms with Gasteiger partial charge in [-0.15, -0.1) is 0 Å². The van der Waals surface area contributed by atoms with Crippen molar-refractivity contribution in [3.05, 3.63) is 29.3 Å². The largest absolute Gasteiger partial charge is 0.472 e. The van der Waals surface area contributed by atoms with E-state index in [0.717, 1.165) is 0 Å². The molecule has 0 spiro atoms. The van der Waals surface area contributed by atoms with E-state index in [2.05, 4.69) is 26.1 Å². The van der Waals surface area contributed by atoms with Crippen LogP contribution >= 0.6 is 0 Å². The van der Waals surface area contributed by atoms with Gasteiger partial charge in [-0.3, -0.25) is 4.79 Å². The van der Waals surface area contributed by atoms with Crippen LogP contribution in [-0.4, -0.2) is 12.6 Å². The lowest BCUT2D eigenvalue weighted by molar-refractivity contribution is 0.0883. The Morgan fingerprint density at radius 1 is 1.33 bits per heavy atom. The van der Waals surface area contributed by atoms with Crippen molar-refractivity contribution in [3.63, 3.8) is 0 Å². The van der Waals surface area contributed by atoms with Crippen LogP contribution in [0.2, 0.25) is 0 Å². The van der Waals surface area contributed by atoms with Gasteiger partial charge in [0.15, 0.2) is 6.73 Å². The fraction of sp³-hybridized carbons (Fsp3) is 0.417. The van der Waals surface area contributed by atoms with E-state index in [1.54, 1.807) is 0 Å². The quantitative estimate of drug-likeness (QED) is 0.704. The second kappa shape index (κ2) is 3.26. The van der Waals surface area contributed by atoms with Crippen molar-refractivity contribution >= 4 is 5.91 Å². The van der Waals surface area contributed by atoms with Crippen LogP contribution in [0.1, 0.15) is 36.7 Å². The summed E-state index contributed by atoms with van der Waals surface area (Å²) in [6, 6.07) is 5.76. The van der Waals surface area contributed by atoms with Crippen LogP contribution in [0.25, 0.3) is 0 Å². The Morgan fingerprint density at radius 3 is 2.73 bits per heavy atom. The third kappa shape index (κ3) is 1.82. The molecular weight excluding hydrogens is 190 g/mol. The number of hydrogen-bond donors (Lipinski definition) is 1. The van der Waals surface area contributed by atoms with Crippen LogP contribution < -0.4 is 10.1 Å². The average Bonchev–Trinajstić information content (AvgIpc) is 2.16. The predicted molar refractivity (Wildman–Crippen MR) is 58.1 cm³/mol. The van der Waals surface area contributed by atoms with Gasteiger partial charge in [0.1, 0.15) is 5.75 Å². The molecule has 1 aromatic carbocycles. The fourth-order valence-corrected chi connectivity index (χ4v) is 1.57. The van der Waals surface area contributed by atoms with Crippen molar-refractivity contribution in [3.8, 4) is 5.75 Å². The maximum atomic E-state index is 11.5. The Kier molecular flexibility index (Phi) is 2.18. The molecule has 3 nitrogen and oxygen atoms in total. The van der Waals surface area contributed by atoms with E-state index >= 15 is 0 Å². The van der Waals surface area contributed by atoms with E-state index in [-0.39, 0.29) is 18.1 Å². The van der Waals surface area contributed by atoms with Crippen molar-refractivity contribution in [2.24, 2.45) is 0 Å². The normalized spacial score (nSPS) is 15.3. The van der Waals surface area contributed by atoms with Crippen LogP contribution in [0.3, 0.4) is 0 Å². The maximum Gasteiger partial charge on any atom is 0.257 e. The molecule has 80 valence electrons. The molecule has 0 unspecified atom stereocenters. The topological polar surface area (TPSA) is 38.3 Å². The number of rotatable bonds is 0. The summed E-state index contributed by atoms with van der Waals surface area (Å²) in [7, 11) is 0. The molecule has 0 bridgehead atoms. The zero-order valence-electron chi connectivity index (χ0n) is 9.26. The van der Waals surface area contributed by atoms with Gasteiger partial charge in [0.05, 0.1) is 5.56 Å². The Morgan fingerprint density at radius 2 is 2.07 bits per heavy atom. The van der Waals surface area contributed by atoms with Crippen molar-refractivity contribution in [2.45, 2.75) is 26.2 Å². The highest BCUT2D eigenvalue weighted by Crippen LogP contribution is 2.29. The lowest BCUT2D eigenvalue weighted by Gasteiger charge is -2.23. The van der Waals surface area contributed by atoms with Crippen molar-refractivity contribution in [2.75, 3.05) is 6.73 Å². The van der Waals surface area contributed by atoms with Crippen molar-refractivity contribution in [1.29, 1.82) is 0 Å². The highest BCUT2D eigenvalue weighted by atomic mass is 16.5. The fourth-order valence-electron chi connectivity index (χ4n) is 1.57. The SMILES string of the molecule is CC(C)(C)c1ccc2c(c1)OCNC2=O. The van der Waals surface area contributed by atoms with Crippen LogP contribution in [0, 0.1) is 0 Å². The van der Waals surface area contributed by atoms with Gasteiger partial charge in [-0.05, 0) is 23.1 Å². The van der Waals surface area contributed by atoms with E-state index in [0.29, 0.717) is 11.3 Å². The summed E-state index contributed by atoms with van der Waals surface area (Å²) >= 11 is 0. The molecule has 1 aliphatic heterocycles. The Balaban J connectivity index is 2.46. The number of benzene rings is 1. The van der Waals surface area contributed by atoms with Crippen LogP contribution in [0.4, 0.5) is 0 Å². The summed E-state index contributed by atoms with van der Waals surface area (Å²) in [5, 5.41) is 2.64. The number of ether oxygens (including phenoxy) is 1. The van der Waals surface area contributed by atoms with Gasteiger partial charge >= 0.3 is 0 Å². The summed E-state index contributed by atoms with van der Waals surface area (Å²) in [5.74, 6) is 0.628. The van der Waals surface area contributed by atoms with Gasteiger partial charge in [0.2, 0.25) is 0 Å². The van der Waals surface area contributed by atoms with E-state index in [4.69, 9.17) is 4.74 Å². The second-order valence-electron chi connectivity index (χ2n) is 4.76. The molecule has 2 rings (SSSR count). The molecule has 1 N–H and O–H groups in total. The summed E-state index contributed by atoms with van der Waals surface area (Å²) < 4.78 is 5.40. The van der Waals surface area contributed by atoms with Crippen LogP contribution in [0.5, 0.6) is 5.75 Å². The van der Waals surface area contributed by atoms with Gasteiger partial charge < -0.3 is 10.1 Å². The highest BCUT2D eigenvalue weighted by Gasteiger charge is 2.21. The van der Waals surface area contributed by atoms with E-state index in [9.17, 15) is 4.79 Å². The zero-order valence-corrected chi connectivity index (χ0v) is 9.26. The number of carbonyl (C=O) groups excluding carboxylic acids is 1. The first-order valence-corrected chi connectivity index (χ1v) is 5.04. The molecule has 0 atom stereocenters. The predicted octanol–water partition coefficient (Wildman–Crippen LogP) is 2.06. The number of nitrogens with one attached hydrogen (secondary N) is 1. The number of carbonyl (C=O) groups is 1. The average molecular weight is 205 g/mol. The summed E-state index contributed by atoms with van der Waals surface area (Å²) in [5.41, 5.74) is 1.87. The molecule has 1 aliphatic rings. The van der Waals surface area contributed by atoms with Gasteiger partial charge in [-0.25, -0.2) is 0 Å². The number of fused-ring (bicyclic) bond motifs is 1. The minimum atomic E-state index is -0.0586. The first-order chi connectivity index (χ1) is 6.98. The van der Waals surface area contributed by atoms with Gasteiger partial charge in [0.25, 0.3) is 5.91 Å². The Hall–Kier alpha value is -1.51. The lowest BCUT2D eigenvalue weighted by atomic mass is 9.86. The summed E-state index contributed by atoms with van der Waals surface area (Å²) in [6.07, 6.45) is 0. The number of hydrogen-bond acceptors (Lipinski definition) is 2. The van der Waals surface area contributed by atoms with Gasteiger partial charge in [-0.1, -0.05) is 26.8 Å². The Bertz CT molecular complexity index is 405. The van der Waals surface area contributed by atoms with E-state index < -0.39 is 0 Å². The summed E-state index contributed by atoms with van der Waals surface area (Å²) in [6.45, 7) is 6.67. The number of amides is 1. The lowest BCUT2D eigenvalue weighted by Crippen LogP contribution is -2.33. The summed E-state index contributed by atoms with van der Waals surface area (Å²) in [4.78, 5) is 11.5. The smallest absolute Gasteiger partial charge is 0.257 e. The molecule has 1 aromatic rings. The van der Waals surface area contributed by atoms with Crippen LogP contribution in [0.15, 0.2) is 18.2 Å². The molecular formula is C12H15NO2. The molecule has 0 radical (unpaired) electrons. The third-order valence-corrected chi connectivity index (χ3v) is 2.55. The standard InChI is InChI=1S/C12H15NO2/c1-12(2,3)8-4-5-9-10(6-8)15-7-13-11(9)14/h4-6H,7H2,1-3H3,(H,13,14). The van der Waals surface area contributed by atoms with Gasteiger partial charge in [0, 0.05) is 0 Å². The molecule has 0 fully saturated rings. The van der Waals surface area contributed by atoms with Gasteiger partial charge in [-0.2, -0.15) is 0 Å². The van der Waals surface area contributed by atoms with E-state index in [1.165, 1.54) is 5.56 Å². The second-order valence-corrected chi connectivity index (χ2v) is 4.76. The monoisotopic (exact) mass is 205 g/mol. The van der Waals surface area contributed by atoms with Crippen LogP contribution in [-0.2, 0) is 5.41 Å². The molecule has 3 heteroatoms. The first kappa shape index (κ1) is 10.0. The zero-order chi connectivity index (χ0) is 11.1. The molecule has 0 saturated heterocycles. The minimum Gasteiger partial charge on any atom is -0.472 e. The van der Waals surface area contributed by atoms with E-state index in [1.807, 2.05) is 18.2 Å². The van der Waals surface area contributed by atoms with Crippen molar-refractivity contribution < 1.29 is 9.53 Å². The Labute approximate surface area is 89.4 Å². The van der Waals surface area contributed by atoms with Crippen molar-refractivity contribution in [1.82, 2.24) is 5.32 Å². The third-order valence-electron chi connectivity index (χ3n) is 2.55. The maximum absolute atomic E-state index is 11.5. The molecule has 0 aliphatic carbocycles. The first-order valence-electron chi connectivity index (χ1n) is 5.04. The molecule has 0 aromatic heterocycles. The molecule has 1 heterocycles. The molecule has 0 saturated carbocycles.